The van der Waals surface area contributed by atoms with Crippen molar-refractivity contribution in [1.29, 1.82) is 0 Å². The van der Waals surface area contributed by atoms with Gasteiger partial charge in [-0.1, -0.05) is 30.3 Å². The van der Waals surface area contributed by atoms with E-state index in [0.717, 1.165) is 41.4 Å². The summed E-state index contributed by atoms with van der Waals surface area (Å²) < 4.78 is 15.9. The molecule has 0 atom stereocenters. The summed E-state index contributed by atoms with van der Waals surface area (Å²) in [5.41, 5.74) is 3.74. The average molecular weight is 322 g/mol. The highest BCUT2D eigenvalue weighted by atomic mass is 19.1. The number of rotatable bonds is 2. The van der Waals surface area contributed by atoms with Gasteiger partial charge >= 0.3 is 0 Å². The van der Waals surface area contributed by atoms with Crippen LogP contribution in [0.25, 0.3) is 10.9 Å². The molecule has 1 aliphatic heterocycles. The van der Waals surface area contributed by atoms with E-state index in [0.29, 0.717) is 12.2 Å². The van der Waals surface area contributed by atoms with Gasteiger partial charge in [0.25, 0.3) is 5.91 Å². The van der Waals surface area contributed by atoms with E-state index in [1.807, 2.05) is 41.9 Å². The minimum absolute atomic E-state index is 0.0232. The zero-order chi connectivity index (χ0) is 16.7. The van der Waals surface area contributed by atoms with Crippen molar-refractivity contribution in [3.63, 3.8) is 0 Å². The molecule has 4 heteroatoms. The third-order valence-corrected chi connectivity index (χ3v) is 4.78. The number of benzene rings is 2. The molecule has 2 heterocycles. The molecule has 3 aromatic rings. The predicted molar refractivity (Wildman–Crippen MR) is 92.7 cm³/mol. The molecule has 2 aromatic carbocycles. The molecule has 0 radical (unpaired) electrons. The molecule has 1 aromatic heterocycles. The standard InChI is InChI=1S/C20H19FN2O/c1-22-11-5-8-16-17-12-15(21)9-10-18(17)23(19(16)20(22)24)13-14-6-3-2-4-7-14/h2-4,6-7,9-10,12H,5,8,11,13H2,1H3. The van der Waals surface area contributed by atoms with Gasteiger partial charge in [0.1, 0.15) is 11.5 Å². The van der Waals surface area contributed by atoms with Crippen LogP contribution in [0.4, 0.5) is 4.39 Å². The second-order valence-electron chi connectivity index (χ2n) is 6.39. The zero-order valence-electron chi connectivity index (χ0n) is 13.6. The van der Waals surface area contributed by atoms with Gasteiger partial charge in [-0.3, -0.25) is 4.79 Å². The lowest BCUT2D eigenvalue weighted by molar-refractivity contribution is 0.0790. The smallest absolute Gasteiger partial charge is 0.270 e. The van der Waals surface area contributed by atoms with E-state index in [2.05, 4.69) is 0 Å². The van der Waals surface area contributed by atoms with E-state index in [4.69, 9.17) is 0 Å². The first-order valence-electron chi connectivity index (χ1n) is 8.25. The summed E-state index contributed by atoms with van der Waals surface area (Å²) in [6.45, 7) is 1.34. The largest absolute Gasteiger partial charge is 0.340 e. The summed E-state index contributed by atoms with van der Waals surface area (Å²) in [7, 11) is 1.84. The molecule has 1 amide bonds. The monoisotopic (exact) mass is 322 g/mol. The average Bonchev–Trinajstić information content (AvgIpc) is 2.79. The summed E-state index contributed by atoms with van der Waals surface area (Å²) in [4.78, 5) is 14.7. The second kappa shape index (κ2) is 5.78. The third kappa shape index (κ3) is 2.39. The number of halogens is 1. The van der Waals surface area contributed by atoms with Crippen LogP contribution in [0.3, 0.4) is 0 Å². The van der Waals surface area contributed by atoms with Crippen molar-refractivity contribution in [3.05, 3.63) is 71.2 Å². The topological polar surface area (TPSA) is 25.2 Å². The van der Waals surface area contributed by atoms with E-state index in [1.54, 1.807) is 17.0 Å². The summed E-state index contributed by atoms with van der Waals surface area (Å²) in [6, 6.07) is 14.9. The van der Waals surface area contributed by atoms with Crippen LogP contribution in [0, 0.1) is 5.82 Å². The Balaban J connectivity index is 1.97. The normalized spacial score (nSPS) is 14.8. The summed E-state index contributed by atoms with van der Waals surface area (Å²) >= 11 is 0. The van der Waals surface area contributed by atoms with Gasteiger partial charge < -0.3 is 9.47 Å². The third-order valence-electron chi connectivity index (χ3n) is 4.78. The number of amides is 1. The lowest BCUT2D eigenvalue weighted by Crippen LogP contribution is -2.28. The van der Waals surface area contributed by atoms with Crippen LogP contribution >= 0.6 is 0 Å². The van der Waals surface area contributed by atoms with Crippen molar-refractivity contribution in [2.75, 3.05) is 13.6 Å². The molecular formula is C20H19FN2O. The number of hydrogen-bond acceptors (Lipinski definition) is 1. The van der Waals surface area contributed by atoms with E-state index in [1.165, 1.54) is 6.07 Å². The molecule has 3 nitrogen and oxygen atoms in total. The Labute approximate surface area is 140 Å². The number of aromatic nitrogens is 1. The molecule has 0 N–H and O–H groups in total. The van der Waals surface area contributed by atoms with Crippen molar-refractivity contribution >= 4 is 16.8 Å². The fourth-order valence-corrected chi connectivity index (χ4v) is 3.60. The van der Waals surface area contributed by atoms with E-state index < -0.39 is 0 Å². The quantitative estimate of drug-likeness (QED) is 0.703. The Morgan fingerprint density at radius 1 is 1.12 bits per heavy atom. The lowest BCUT2D eigenvalue weighted by Gasteiger charge is -2.17. The molecule has 122 valence electrons. The van der Waals surface area contributed by atoms with E-state index >= 15 is 0 Å². The maximum Gasteiger partial charge on any atom is 0.270 e. The van der Waals surface area contributed by atoms with Crippen LogP contribution in [-0.2, 0) is 13.0 Å². The van der Waals surface area contributed by atoms with Gasteiger partial charge in [-0.15, -0.1) is 0 Å². The molecule has 0 aliphatic carbocycles. The fraction of sp³-hybridized carbons (Fsp3) is 0.250. The number of hydrogen-bond donors (Lipinski definition) is 0. The van der Waals surface area contributed by atoms with Gasteiger partial charge in [0.2, 0.25) is 0 Å². The van der Waals surface area contributed by atoms with Crippen LogP contribution in [0.1, 0.15) is 28.0 Å². The first-order chi connectivity index (χ1) is 11.6. The molecule has 0 saturated heterocycles. The zero-order valence-corrected chi connectivity index (χ0v) is 13.6. The maximum atomic E-state index is 13.8. The Bertz CT molecular complexity index is 914. The minimum atomic E-state index is -0.257. The Kier molecular flexibility index (Phi) is 3.60. The SMILES string of the molecule is CN1CCCc2c(n(Cc3ccccc3)c3ccc(F)cc23)C1=O. The van der Waals surface area contributed by atoms with Crippen molar-refractivity contribution in [2.45, 2.75) is 19.4 Å². The van der Waals surface area contributed by atoms with Gasteiger partial charge in [0.05, 0.1) is 0 Å². The van der Waals surface area contributed by atoms with Crippen molar-refractivity contribution in [1.82, 2.24) is 9.47 Å². The number of fused-ring (bicyclic) bond motifs is 3. The summed E-state index contributed by atoms with van der Waals surface area (Å²) in [5.74, 6) is -0.234. The summed E-state index contributed by atoms with van der Waals surface area (Å²) in [6.07, 6.45) is 1.70. The molecule has 0 bridgehead atoms. The van der Waals surface area contributed by atoms with Crippen molar-refractivity contribution < 1.29 is 9.18 Å². The number of carbonyl (C=O) groups excluding carboxylic acids is 1. The first kappa shape index (κ1) is 14.9. The van der Waals surface area contributed by atoms with Gasteiger partial charge in [0.15, 0.2) is 0 Å². The molecule has 0 fully saturated rings. The number of aryl methyl sites for hydroxylation is 1. The second-order valence-corrected chi connectivity index (χ2v) is 6.39. The van der Waals surface area contributed by atoms with Crippen molar-refractivity contribution in [2.24, 2.45) is 0 Å². The lowest BCUT2D eigenvalue weighted by atomic mass is 10.1. The van der Waals surface area contributed by atoms with Crippen LogP contribution in [0.5, 0.6) is 0 Å². The van der Waals surface area contributed by atoms with E-state index in [-0.39, 0.29) is 11.7 Å². The van der Waals surface area contributed by atoms with Crippen LogP contribution in [-0.4, -0.2) is 29.0 Å². The van der Waals surface area contributed by atoms with E-state index in [9.17, 15) is 9.18 Å². The molecule has 1 aliphatic rings. The predicted octanol–water partition coefficient (Wildman–Crippen LogP) is 3.85. The minimum Gasteiger partial charge on any atom is -0.340 e. The highest BCUT2D eigenvalue weighted by Gasteiger charge is 2.27. The molecule has 0 spiro atoms. The molecule has 4 rings (SSSR count). The first-order valence-corrected chi connectivity index (χ1v) is 8.25. The number of nitrogens with zero attached hydrogens (tertiary/aromatic N) is 2. The Morgan fingerprint density at radius 3 is 2.71 bits per heavy atom. The molecular weight excluding hydrogens is 303 g/mol. The van der Waals surface area contributed by atoms with Crippen molar-refractivity contribution in [3.8, 4) is 0 Å². The highest BCUT2D eigenvalue weighted by molar-refractivity contribution is 6.02. The molecule has 24 heavy (non-hydrogen) atoms. The maximum absolute atomic E-state index is 13.8. The van der Waals surface area contributed by atoms with Gasteiger partial charge in [-0.25, -0.2) is 4.39 Å². The van der Waals surface area contributed by atoms with Gasteiger partial charge in [-0.2, -0.15) is 0 Å². The fourth-order valence-electron chi connectivity index (χ4n) is 3.60. The Hall–Kier alpha value is -2.62. The van der Waals surface area contributed by atoms with Crippen LogP contribution < -0.4 is 0 Å². The Morgan fingerprint density at radius 2 is 1.92 bits per heavy atom. The summed E-state index contributed by atoms with van der Waals surface area (Å²) in [5, 5.41) is 0.865. The van der Waals surface area contributed by atoms with Gasteiger partial charge in [0, 0.05) is 31.0 Å². The number of carbonyl (C=O) groups is 1. The van der Waals surface area contributed by atoms with Gasteiger partial charge in [-0.05, 0) is 42.2 Å². The van der Waals surface area contributed by atoms with Crippen LogP contribution in [0.15, 0.2) is 48.5 Å². The highest BCUT2D eigenvalue weighted by Crippen LogP contribution is 2.31. The van der Waals surface area contributed by atoms with Crippen LogP contribution in [0.2, 0.25) is 0 Å². The molecule has 0 unspecified atom stereocenters. The molecule has 0 saturated carbocycles.